The normalized spacial score (nSPS) is 12.8. The van der Waals surface area contributed by atoms with Crippen LogP contribution in [0.2, 0.25) is 0 Å². The van der Waals surface area contributed by atoms with Crippen LogP contribution in [0.15, 0.2) is 12.3 Å². The summed E-state index contributed by atoms with van der Waals surface area (Å²) in [7, 11) is 0. The van der Waals surface area contributed by atoms with Crippen molar-refractivity contribution < 1.29 is 4.74 Å². The number of hydrogen-bond acceptors (Lipinski definition) is 3. The van der Waals surface area contributed by atoms with Crippen LogP contribution < -0.4 is 10.1 Å². The van der Waals surface area contributed by atoms with Gasteiger partial charge in [-0.1, -0.05) is 20.8 Å². The Morgan fingerprint density at radius 2 is 2.06 bits per heavy atom. The van der Waals surface area contributed by atoms with Crippen molar-refractivity contribution in [1.82, 2.24) is 10.3 Å². The number of rotatable bonds is 7. The van der Waals surface area contributed by atoms with Crippen molar-refractivity contribution in [2.75, 3.05) is 6.54 Å². The number of aromatic nitrogens is 1. The molecular weight excluding hydrogens is 224 g/mol. The summed E-state index contributed by atoms with van der Waals surface area (Å²) in [4.78, 5) is 4.35. The quantitative estimate of drug-likeness (QED) is 0.754. The van der Waals surface area contributed by atoms with Gasteiger partial charge in [-0.05, 0) is 32.7 Å². The van der Waals surface area contributed by atoms with E-state index in [9.17, 15) is 0 Å². The number of nitrogens with one attached hydrogen (secondary N) is 1. The lowest BCUT2D eigenvalue weighted by Crippen LogP contribution is -2.21. The van der Waals surface area contributed by atoms with Crippen LogP contribution in [0, 0.1) is 12.8 Å². The maximum atomic E-state index is 6.04. The van der Waals surface area contributed by atoms with Gasteiger partial charge < -0.3 is 10.1 Å². The molecule has 1 heterocycles. The first-order chi connectivity index (χ1) is 8.54. The van der Waals surface area contributed by atoms with Crippen molar-refractivity contribution in [3.63, 3.8) is 0 Å². The van der Waals surface area contributed by atoms with Crippen molar-refractivity contribution in [3.8, 4) is 5.75 Å². The van der Waals surface area contributed by atoms with Crippen LogP contribution in [0.1, 0.15) is 45.4 Å². The highest BCUT2D eigenvalue weighted by Crippen LogP contribution is 2.21. The lowest BCUT2D eigenvalue weighted by molar-refractivity contribution is 0.168. The second-order valence-electron chi connectivity index (χ2n) is 5.18. The molecule has 0 aliphatic heterocycles. The van der Waals surface area contributed by atoms with E-state index in [4.69, 9.17) is 4.74 Å². The molecule has 3 heteroatoms. The van der Waals surface area contributed by atoms with Gasteiger partial charge in [-0.15, -0.1) is 0 Å². The van der Waals surface area contributed by atoms with Crippen molar-refractivity contribution in [2.45, 2.75) is 53.7 Å². The van der Waals surface area contributed by atoms with Crippen molar-refractivity contribution in [1.29, 1.82) is 0 Å². The van der Waals surface area contributed by atoms with Gasteiger partial charge >= 0.3 is 0 Å². The zero-order valence-electron chi connectivity index (χ0n) is 12.3. The third-order valence-electron chi connectivity index (χ3n) is 3.07. The molecule has 1 N–H and O–H groups in total. The molecule has 0 aliphatic rings. The zero-order valence-corrected chi connectivity index (χ0v) is 12.3. The SMILES string of the molecule is CCCNCc1cnc(C)cc1OC(C)C(C)C. The molecule has 0 radical (unpaired) electrons. The van der Waals surface area contributed by atoms with E-state index >= 15 is 0 Å². The fourth-order valence-corrected chi connectivity index (χ4v) is 1.54. The van der Waals surface area contributed by atoms with Crippen LogP contribution in [-0.2, 0) is 6.54 Å². The Morgan fingerprint density at radius 1 is 1.33 bits per heavy atom. The van der Waals surface area contributed by atoms with Gasteiger partial charge in [0.1, 0.15) is 5.75 Å². The Bertz CT molecular complexity index is 364. The van der Waals surface area contributed by atoms with Gasteiger partial charge in [0.2, 0.25) is 0 Å². The molecule has 0 amide bonds. The van der Waals surface area contributed by atoms with Crippen molar-refractivity contribution >= 4 is 0 Å². The third kappa shape index (κ3) is 4.65. The molecule has 1 aromatic heterocycles. The van der Waals surface area contributed by atoms with E-state index in [2.05, 4.69) is 38.0 Å². The average Bonchev–Trinajstić information content (AvgIpc) is 2.32. The summed E-state index contributed by atoms with van der Waals surface area (Å²) < 4.78 is 6.04. The number of aryl methyl sites for hydroxylation is 1. The Kier molecular flexibility index (Phi) is 6.13. The minimum atomic E-state index is 0.219. The maximum absolute atomic E-state index is 6.04. The Hall–Kier alpha value is -1.09. The predicted molar refractivity (Wildman–Crippen MR) is 75.9 cm³/mol. The van der Waals surface area contributed by atoms with E-state index in [1.165, 1.54) is 0 Å². The van der Waals surface area contributed by atoms with Gasteiger partial charge in [-0.25, -0.2) is 0 Å². The maximum Gasteiger partial charge on any atom is 0.127 e. The Balaban J connectivity index is 2.76. The highest BCUT2D eigenvalue weighted by molar-refractivity contribution is 5.33. The molecule has 1 unspecified atom stereocenters. The van der Waals surface area contributed by atoms with E-state index in [0.717, 1.165) is 36.5 Å². The fraction of sp³-hybridized carbons (Fsp3) is 0.667. The summed E-state index contributed by atoms with van der Waals surface area (Å²) in [5.41, 5.74) is 2.14. The second-order valence-corrected chi connectivity index (χ2v) is 5.18. The predicted octanol–water partition coefficient (Wildman–Crippen LogP) is 3.31. The molecule has 3 nitrogen and oxygen atoms in total. The summed E-state index contributed by atoms with van der Waals surface area (Å²) >= 11 is 0. The van der Waals surface area contributed by atoms with Crippen LogP contribution in [0.3, 0.4) is 0 Å². The van der Waals surface area contributed by atoms with E-state index in [1.54, 1.807) is 0 Å². The van der Waals surface area contributed by atoms with Crippen molar-refractivity contribution in [2.24, 2.45) is 5.92 Å². The molecule has 1 atom stereocenters. The highest BCUT2D eigenvalue weighted by atomic mass is 16.5. The first-order valence-corrected chi connectivity index (χ1v) is 6.87. The Morgan fingerprint density at radius 3 is 2.67 bits per heavy atom. The number of ether oxygens (including phenoxy) is 1. The van der Waals surface area contributed by atoms with Crippen LogP contribution in [0.25, 0.3) is 0 Å². The zero-order chi connectivity index (χ0) is 13.5. The summed E-state index contributed by atoms with van der Waals surface area (Å²) in [5, 5.41) is 3.39. The van der Waals surface area contributed by atoms with Gasteiger partial charge in [0.15, 0.2) is 0 Å². The summed E-state index contributed by atoms with van der Waals surface area (Å²) in [6.45, 7) is 12.5. The molecule has 0 bridgehead atoms. The van der Waals surface area contributed by atoms with Crippen LogP contribution in [0.5, 0.6) is 5.75 Å². The first kappa shape index (κ1) is 15.0. The fourth-order valence-electron chi connectivity index (χ4n) is 1.54. The molecular formula is C15H26N2O. The molecule has 18 heavy (non-hydrogen) atoms. The van der Waals surface area contributed by atoms with Gasteiger partial charge in [0.25, 0.3) is 0 Å². The van der Waals surface area contributed by atoms with Gasteiger partial charge in [-0.3, -0.25) is 4.98 Å². The number of pyridine rings is 1. The molecule has 102 valence electrons. The highest BCUT2D eigenvalue weighted by Gasteiger charge is 2.12. The summed E-state index contributed by atoms with van der Waals surface area (Å²) in [6, 6.07) is 2.03. The molecule has 1 rings (SSSR count). The largest absolute Gasteiger partial charge is 0.490 e. The Labute approximate surface area is 111 Å². The number of hydrogen-bond donors (Lipinski definition) is 1. The minimum absolute atomic E-state index is 0.219. The second kappa shape index (κ2) is 7.37. The molecule has 0 spiro atoms. The van der Waals surface area contributed by atoms with Gasteiger partial charge in [0.05, 0.1) is 6.10 Å². The minimum Gasteiger partial charge on any atom is -0.490 e. The van der Waals surface area contributed by atoms with E-state index in [1.807, 2.05) is 19.2 Å². The molecule has 0 fully saturated rings. The van der Waals surface area contributed by atoms with E-state index in [0.29, 0.717) is 5.92 Å². The topological polar surface area (TPSA) is 34.2 Å². The summed E-state index contributed by atoms with van der Waals surface area (Å²) in [5.74, 6) is 1.47. The standard InChI is InChI=1S/C15H26N2O/c1-6-7-16-9-14-10-17-12(4)8-15(14)18-13(5)11(2)3/h8,10-11,13,16H,6-7,9H2,1-5H3. The molecule has 0 saturated carbocycles. The van der Waals surface area contributed by atoms with Crippen LogP contribution >= 0.6 is 0 Å². The van der Waals surface area contributed by atoms with Crippen LogP contribution in [-0.4, -0.2) is 17.6 Å². The first-order valence-electron chi connectivity index (χ1n) is 6.87. The van der Waals surface area contributed by atoms with Gasteiger partial charge in [-0.2, -0.15) is 0 Å². The van der Waals surface area contributed by atoms with Gasteiger partial charge in [0, 0.05) is 30.1 Å². The monoisotopic (exact) mass is 250 g/mol. The average molecular weight is 250 g/mol. The molecule has 0 saturated heterocycles. The number of nitrogens with zero attached hydrogens (tertiary/aromatic N) is 1. The molecule has 0 aliphatic carbocycles. The molecule has 1 aromatic rings. The lowest BCUT2D eigenvalue weighted by Gasteiger charge is -2.20. The third-order valence-corrected chi connectivity index (χ3v) is 3.07. The van der Waals surface area contributed by atoms with Crippen molar-refractivity contribution in [3.05, 3.63) is 23.5 Å². The lowest BCUT2D eigenvalue weighted by atomic mass is 10.1. The smallest absolute Gasteiger partial charge is 0.127 e. The molecule has 0 aromatic carbocycles. The summed E-state index contributed by atoms with van der Waals surface area (Å²) in [6.07, 6.45) is 3.27. The van der Waals surface area contributed by atoms with E-state index in [-0.39, 0.29) is 6.10 Å². The van der Waals surface area contributed by atoms with E-state index < -0.39 is 0 Å². The van der Waals surface area contributed by atoms with Crippen LogP contribution in [0.4, 0.5) is 0 Å².